The number of nitrogens with one attached hydrogen (secondary N) is 1. The maximum atomic E-state index is 12.5. The molecule has 8 nitrogen and oxygen atoms in total. The molecule has 0 saturated carbocycles. The predicted molar refractivity (Wildman–Crippen MR) is 152 cm³/mol. The van der Waals surface area contributed by atoms with Crippen LogP contribution < -0.4 is 11.1 Å². The summed E-state index contributed by atoms with van der Waals surface area (Å²) in [5.41, 5.74) is 5.31. The summed E-state index contributed by atoms with van der Waals surface area (Å²) in [4.78, 5) is 22.3. The lowest BCUT2D eigenvalue weighted by molar-refractivity contribution is -0.123. The smallest absolute Gasteiger partial charge is 0.387 e. The molecule has 1 amide bonds. The van der Waals surface area contributed by atoms with Gasteiger partial charge in [0.05, 0.1) is 25.4 Å². The van der Waals surface area contributed by atoms with Crippen molar-refractivity contribution in [3.63, 3.8) is 0 Å². The fraction of sp³-hybridized carbons (Fsp3) is 0.893. The van der Waals surface area contributed by atoms with E-state index in [0.29, 0.717) is 6.42 Å². The van der Waals surface area contributed by atoms with Crippen LogP contribution in [0.1, 0.15) is 129 Å². The van der Waals surface area contributed by atoms with E-state index in [4.69, 9.17) is 14.8 Å². The molecule has 0 aliphatic carbocycles. The number of carbonyl (C=O) groups is 1. The molecule has 0 spiro atoms. The van der Waals surface area contributed by atoms with E-state index in [1.165, 1.54) is 70.6 Å². The topological polar surface area (TPSA) is 131 Å². The number of hydrogen-bond donors (Lipinski definition) is 4. The van der Waals surface area contributed by atoms with Crippen molar-refractivity contribution < 1.29 is 28.4 Å². The first-order chi connectivity index (χ1) is 17.9. The van der Waals surface area contributed by atoms with Crippen molar-refractivity contribution in [1.82, 2.24) is 5.32 Å². The number of nitrogens with two attached hydrogens (primary N) is 1. The first-order valence-electron chi connectivity index (χ1n) is 14.8. The quantitative estimate of drug-likeness (QED) is 0.0520. The van der Waals surface area contributed by atoms with Crippen LogP contribution in [0.15, 0.2) is 12.2 Å². The van der Waals surface area contributed by atoms with Crippen LogP contribution in [0, 0.1) is 0 Å². The molecule has 0 aromatic heterocycles. The van der Waals surface area contributed by atoms with Crippen molar-refractivity contribution in [2.75, 3.05) is 19.8 Å². The monoisotopic (exact) mass is 548 g/mol. The largest absolute Gasteiger partial charge is 0.472 e. The van der Waals surface area contributed by atoms with E-state index < -0.39 is 20.0 Å². The van der Waals surface area contributed by atoms with E-state index in [0.717, 1.165) is 38.5 Å². The first-order valence-corrected chi connectivity index (χ1v) is 16.3. The second-order valence-electron chi connectivity index (χ2n) is 9.97. The van der Waals surface area contributed by atoms with Crippen LogP contribution >= 0.6 is 7.82 Å². The average Bonchev–Trinajstić information content (AvgIpc) is 2.87. The highest BCUT2D eigenvalue weighted by atomic mass is 31.2. The zero-order valence-corrected chi connectivity index (χ0v) is 24.6. The fourth-order valence-corrected chi connectivity index (χ4v) is 4.83. The Bertz CT molecular complexity index is 605. The van der Waals surface area contributed by atoms with Crippen LogP contribution in [0.4, 0.5) is 0 Å². The normalized spacial score (nSPS) is 15.1. The number of amides is 1. The maximum Gasteiger partial charge on any atom is 0.472 e. The molecule has 5 N–H and O–H groups in total. The second-order valence-corrected chi connectivity index (χ2v) is 11.4. The van der Waals surface area contributed by atoms with E-state index in [1.54, 1.807) is 6.08 Å². The number of rotatable bonds is 27. The van der Waals surface area contributed by atoms with Gasteiger partial charge in [0, 0.05) is 13.0 Å². The summed E-state index contributed by atoms with van der Waals surface area (Å²) in [5.74, 6) is -0.203. The van der Waals surface area contributed by atoms with Gasteiger partial charge in [0.1, 0.15) is 0 Å². The molecule has 0 aromatic rings. The molecule has 0 aliphatic rings. The summed E-state index contributed by atoms with van der Waals surface area (Å²) in [5, 5.41) is 13.4. The lowest BCUT2D eigenvalue weighted by Crippen LogP contribution is -2.45. The molecule has 0 aromatic carbocycles. The number of unbranched alkanes of at least 4 members (excludes halogenated alkanes) is 15. The van der Waals surface area contributed by atoms with Crippen LogP contribution in [0.3, 0.4) is 0 Å². The highest BCUT2D eigenvalue weighted by Gasteiger charge is 2.26. The van der Waals surface area contributed by atoms with Gasteiger partial charge in [0.15, 0.2) is 0 Å². The van der Waals surface area contributed by atoms with Gasteiger partial charge in [-0.1, -0.05) is 116 Å². The van der Waals surface area contributed by atoms with Crippen LogP contribution in [0.5, 0.6) is 0 Å². The standard InChI is InChI=1S/C28H57N2O6P/c1-3-5-7-9-11-13-14-15-17-19-21-27(31)26(25-36-37(33,34)35-24-23-29)30-28(32)22-20-18-16-12-10-8-6-4-2/h19,21,26-27,31H,3-18,20,22-25,29H2,1-2H3,(H,30,32)(H,33,34)/b21-19+/t26-,27+/m0/s1. The summed E-state index contributed by atoms with van der Waals surface area (Å²) < 4.78 is 21.8. The van der Waals surface area contributed by atoms with Crippen LogP contribution in [-0.2, 0) is 18.4 Å². The summed E-state index contributed by atoms with van der Waals surface area (Å²) in [7, 11) is -4.31. The van der Waals surface area contributed by atoms with Crippen molar-refractivity contribution in [1.29, 1.82) is 0 Å². The molecule has 1 unspecified atom stereocenters. The zero-order chi connectivity index (χ0) is 27.6. The Labute approximate surface area is 226 Å². The van der Waals surface area contributed by atoms with Gasteiger partial charge in [-0.2, -0.15) is 0 Å². The Morgan fingerprint density at radius 1 is 0.865 bits per heavy atom. The minimum atomic E-state index is -4.31. The highest BCUT2D eigenvalue weighted by molar-refractivity contribution is 7.47. The third-order valence-corrected chi connectivity index (χ3v) is 7.35. The van der Waals surface area contributed by atoms with Gasteiger partial charge in [-0.25, -0.2) is 4.57 Å². The van der Waals surface area contributed by atoms with Crippen LogP contribution in [0.25, 0.3) is 0 Å². The molecule has 0 heterocycles. The SMILES string of the molecule is CCCCCCCCCC/C=C/[C@@H](O)[C@H](COP(=O)(O)OCCN)NC(=O)CCCCCCCCCC. The van der Waals surface area contributed by atoms with Crippen molar-refractivity contribution >= 4 is 13.7 Å². The average molecular weight is 549 g/mol. The lowest BCUT2D eigenvalue weighted by Gasteiger charge is -2.23. The third kappa shape index (κ3) is 24.0. The summed E-state index contributed by atoms with van der Waals surface area (Å²) in [6.45, 7) is 4.04. The van der Waals surface area contributed by atoms with Crippen LogP contribution in [-0.4, -0.2) is 47.8 Å². The summed E-state index contributed by atoms with van der Waals surface area (Å²) in [6.07, 6.45) is 22.6. The van der Waals surface area contributed by atoms with E-state index >= 15 is 0 Å². The van der Waals surface area contributed by atoms with Crippen molar-refractivity contribution in [3.05, 3.63) is 12.2 Å². The summed E-state index contributed by atoms with van der Waals surface area (Å²) >= 11 is 0. The number of aliphatic hydroxyl groups is 1. The minimum Gasteiger partial charge on any atom is -0.387 e. The Balaban J connectivity index is 4.51. The summed E-state index contributed by atoms with van der Waals surface area (Å²) in [6, 6.07) is -0.849. The Hall–Kier alpha value is -0.760. The molecule has 3 atom stereocenters. The van der Waals surface area contributed by atoms with E-state index in [1.807, 2.05) is 6.08 Å². The molecule has 0 rings (SSSR count). The Kier molecular flexibility index (Phi) is 25.0. The fourth-order valence-electron chi connectivity index (χ4n) is 4.07. The van der Waals surface area contributed by atoms with Crippen molar-refractivity contribution in [2.24, 2.45) is 5.73 Å². The lowest BCUT2D eigenvalue weighted by atomic mass is 10.1. The number of phosphoric ester groups is 1. The molecule has 0 bridgehead atoms. The van der Waals surface area contributed by atoms with Gasteiger partial charge < -0.3 is 21.1 Å². The van der Waals surface area contributed by atoms with Crippen LogP contribution in [0.2, 0.25) is 0 Å². The Morgan fingerprint density at radius 3 is 1.92 bits per heavy atom. The zero-order valence-electron chi connectivity index (χ0n) is 23.7. The molecule has 9 heteroatoms. The molecule has 0 aliphatic heterocycles. The van der Waals surface area contributed by atoms with Gasteiger partial charge in [-0.3, -0.25) is 13.8 Å². The van der Waals surface area contributed by atoms with Gasteiger partial charge in [0.25, 0.3) is 0 Å². The third-order valence-electron chi connectivity index (χ3n) is 6.36. The molecule has 0 fully saturated rings. The van der Waals surface area contributed by atoms with Gasteiger partial charge >= 0.3 is 7.82 Å². The molecule has 0 radical (unpaired) electrons. The van der Waals surface area contributed by atoms with Gasteiger partial charge in [-0.15, -0.1) is 0 Å². The molecular formula is C28H57N2O6P. The number of phosphoric acid groups is 1. The molecule has 0 saturated heterocycles. The Morgan fingerprint density at radius 2 is 1.38 bits per heavy atom. The number of carbonyl (C=O) groups excluding carboxylic acids is 1. The molecule has 37 heavy (non-hydrogen) atoms. The van der Waals surface area contributed by atoms with Crippen molar-refractivity contribution in [3.8, 4) is 0 Å². The number of allylic oxidation sites excluding steroid dienone is 1. The van der Waals surface area contributed by atoms with Gasteiger partial charge in [-0.05, 0) is 19.3 Å². The first kappa shape index (κ1) is 36.2. The maximum absolute atomic E-state index is 12.5. The molecular weight excluding hydrogens is 491 g/mol. The molecule has 220 valence electrons. The van der Waals surface area contributed by atoms with Crippen molar-refractivity contribution in [2.45, 2.75) is 142 Å². The minimum absolute atomic E-state index is 0.0801. The van der Waals surface area contributed by atoms with E-state index in [2.05, 4.69) is 19.2 Å². The van der Waals surface area contributed by atoms with E-state index in [-0.39, 0.29) is 25.7 Å². The number of aliphatic hydroxyl groups excluding tert-OH is 1. The second kappa shape index (κ2) is 25.5. The predicted octanol–water partition coefficient (Wildman–Crippen LogP) is 6.54. The van der Waals surface area contributed by atoms with E-state index in [9.17, 15) is 19.4 Å². The number of hydrogen-bond acceptors (Lipinski definition) is 6. The van der Waals surface area contributed by atoms with Gasteiger partial charge in [0.2, 0.25) is 5.91 Å². The highest BCUT2D eigenvalue weighted by Crippen LogP contribution is 2.43.